The molecule has 1 aromatic rings. The minimum absolute atomic E-state index is 0.00208. The van der Waals surface area contributed by atoms with Crippen LogP contribution >= 0.6 is 15.9 Å². The van der Waals surface area contributed by atoms with Crippen LogP contribution in [0.4, 0.5) is 11.4 Å². The third kappa shape index (κ3) is 5.31. The highest BCUT2D eigenvalue weighted by Crippen LogP contribution is 2.14. The fourth-order valence-electron chi connectivity index (χ4n) is 1.41. The van der Waals surface area contributed by atoms with Crippen molar-refractivity contribution in [2.75, 3.05) is 16.0 Å². The summed E-state index contributed by atoms with van der Waals surface area (Å²) in [5.41, 5.74) is 1.44. The average molecular weight is 313 g/mol. The Kier molecular flexibility index (Phi) is 5.85. The zero-order chi connectivity index (χ0) is 13.5. The molecule has 0 saturated heterocycles. The first-order valence-electron chi connectivity index (χ1n) is 5.77. The number of carbonyl (C=O) groups excluding carboxylic acids is 2. The second kappa shape index (κ2) is 7.16. The Hall–Kier alpha value is -1.36. The van der Waals surface area contributed by atoms with Gasteiger partial charge in [0.15, 0.2) is 0 Å². The van der Waals surface area contributed by atoms with Crippen LogP contribution in [0.1, 0.15) is 20.3 Å². The van der Waals surface area contributed by atoms with Crippen molar-refractivity contribution >= 4 is 39.1 Å². The van der Waals surface area contributed by atoms with E-state index in [9.17, 15) is 9.59 Å². The largest absolute Gasteiger partial charge is 0.326 e. The summed E-state index contributed by atoms with van der Waals surface area (Å²) in [5.74, 6) is 0.233. The van der Waals surface area contributed by atoms with Crippen molar-refractivity contribution in [3.05, 3.63) is 24.3 Å². The zero-order valence-electron chi connectivity index (χ0n) is 10.5. The van der Waals surface area contributed by atoms with Crippen LogP contribution in [0, 0.1) is 5.92 Å². The first-order chi connectivity index (χ1) is 8.51. The van der Waals surface area contributed by atoms with Gasteiger partial charge in [-0.25, -0.2) is 0 Å². The number of halogens is 1. The number of hydrogen-bond acceptors (Lipinski definition) is 2. The fraction of sp³-hybridized carbons (Fsp3) is 0.385. The predicted octanol–water partition coefficient (Wildman–Crippen LogP) is 3.00. The SMILES string of the molecule is CC(C)CC(=O)Nc1ccc(NC(=O)CBr)cc1. The van der Waals surface area contributed by atoms with Crippen LogP contribution in [0.5, 0.6) is 0 Å². The maximum Gasteiger partial charge on any atom is 0.235 e. The highest BCUT2D eigenvalue weighted by Gasteiger charge is 2.05. The van der Waals surface area contributed by atoms with E-state index in [0.717, 1.165) is 5.69 Å². The summed E-state index contributed by atoms with van der Waals surface area (Å²) in [7, 11) is 0. The average Bonchev–Trinajstić information content (AvgIpc) is 2.30. The van der Waals surface area contributed by atoms with Crippen LogP contribution in [0.2, 0.25) is 0 Å². The minimum atomic E-state index is -0.105. The Morgan fingerprint density at radius 1 is 1.06 bits per heavy atom. The molecule has 0 unspecified atom stereocenters. The fourth-order valence-corrected chi connectivity index (χ4v) is 1.55. The maximum atomic E-state index is 11.5. The Bertz CT molecular complexity index is 416. The second-order valence-electron chi connectivity index (χ2n) is 4.41. The normalized spacial score (nSPS) is 10.2. The molecule has 0 spiro atoms. The van der Waals surface area contributed by atoms with Gasteiger partial charge in [-0.1, -0.05) is 29.8 Å². The molecule has 0 aliphatic heterocycles. The van der Waals surface area contributed by atoms with E-state index < -0.39 is 0 Å². The van der Waals surface area contributed by atoms with E-state index >= 15 is 0 Å². The molecular weight excluding hydrogens is 296 g/mol. The molecule has 0 radical (unpaired) electrons. The van der Waals surface area contributed by atoms with Crippen molar-refractivity contribution < 1.29 is 9.59 Å². The molecule has 0 aliphatic rings. The summed E-state index contributed by atoms with van der Waals surface area (Å²) in [6.07, 6.45) is 0.502. The van der Waals surface area contributed by atoms with Crippen molar-refractivity contribution in [3.8, 4) is 0 Å². The molecule has 18 heavy (non-hydrogen) atoms. The zero-order valence-corrected chi connectivity index (χ0v) is 12.1. The van der Waals surface area contributed by atoms with E-state index in [2.05, 4.69) is 26.6 Å². The van der Waals surface area contributed by atoms with Crippen LogP contribution in [0.25, 0.3) is 0 Å². The lowest BCUT2D eigenvalue weighted by Crippen LogP contribution is -2.14. The number of alkyl halides is 1. The van der Waals surface area contributed by atoms with Crippen molar-refractivity contribution in [3.63, 3.8) is 0 Å². The van der Waals surface area contributed by atoms with E-state index in [1.807, 2.05) is 13.8 Å². The Balaban J connectivity index is 2.55. The van der Waals surface area contributed by atoms with Crippen molar-refractivity contribution in [2.45, 2.75) is 20.3 Å². The van der Waals surface area contributed by atoms with Crippen LogP contribution in [-0.4, -0.2) is 17.1 Å². The lowest BCUT2D eigenvalue weighted by molar-refractivity contribution is -0.117. The molecule has 2 amide bonds. The van der Waals surface area contributed by atoms with Gasteiger partial charge in [-0.15, -0.1) is 0 Å². The van der Waals surface area contributed by atoms with Gasteiger partial charge in [-0.3, -0.25) is 9.59 Å². The van der Waals surface area contributed by atoms with Gasteiger partial charge in [0.1, 0.15) is 0 Å². The molecule has 5 heteroatoms. The quantitative estimate of drug-likeness (QED) is 0.821. The van der Waals surface area contributed by atoms with Gasteiger partial charge >= 0.3 is 0 Å². The summed E-state index contributed by atoms with van der Waals surface area (Å²) >= 11 is 3.07. The van der Waals surface area contributed by atoms with E-state index in [4.69, 9.17) is 0 Å². The standard InChI is InChI=1S/C13H17BrN2O2/c1-9(2)7-12(17)15-10-3-5-11(6-4-10)16-13(18)8-14/h3-6,9H,7-8H2,1-2H3,(H,15,17)(H,16,18). The van der Waals surface area contributed by atoms with Gasteiger partial charge in [0.2, 0.25) is 11.8 Å². The summed E-state index contributed by atoms with van der Waals surface area (Å²) in [4.78, 5) is 22.7. The number of anilines is 2. The lowest BCUT2D eigenvalue weighted by atomic mass is 10.1. The van der Waals surface area contributed by atoms with Crippen LogP contribution in [0.15, 0.2) is 24.3 Å². The molecule has 0 aliphatic carbocycles. The lowest BCUT2D eigenvalue weighted by Gasteiger charge is -2.08. The number of nitrogens with one attached hydrogen (secondary N) is 2. The van der Waals surface area contributed by atoms with E-state index in [1.165, 1.54) is 0 Å². The number of rotatable bonds is 5. The molecule has 1 aromatic carbocycles. The monoisotopic (exact) mass is 312 g/mol. The molecule has 98 valence electrons. The Morgan fingerprint density at radius 3 is 1.89 bits per heavy atom. The number of carbonyl (C=O) groups is 2. The minimum Gasteiger partial charge on any atom is -0.326 e. The molecule has 4 nitrogen and oxygen atoms in total. The predicted molar refractivity (Wildman–Crippen MR) is 77.0 cm³/mol. The summed E-state index contributed by atoms with van der Waals surface area (Å²) in [6, 6.07) is 7.04. The van der Waals surface area contributed by atoms with Crippen LogP contribution < -0.4 is 10.6 Å². The van der Waals surface area contributed by atoms with Gasteiger partial charge in [-0.05, 0) is 30.2 Å². The molecule has 0 bridgehead atoms. The van der Waals surface area contributed by atoms with Crippen molar-refractivity contribution in [2.24, 2.45) is 5.92 Å². The van der Waals surface area contributed by atoms with E-state index in [-0.39, 0.29) is 17.1 Å². The molecule has 0 aromatic heterocycles. The van der Waals surface area contributed by atoms with E-state index in [0.29, 0.717) is 18.0 Å². The highest BCUT2D eigenvalue weighted by molar-refractivity contribution is 9.09. The van der Waals surface area contributed by atoms with Crippen molar-refractivity contribution in [1.82, 2.24) is 0 Å². The van der Waals surface area contributed by atoms with Gasteiger partial charge in [0.05, 0.1) is 5.33 Å². The Morgan fingerprint density at radius 2 is 1.50 bits per heavy atom. The molecular formula is C13H17BrN2O2. The summed E-state index contributed by atoms with van der Waals surface area (Å²) in [5, 5.41) is 5.78. The first kappa shape index (κ1) is 14.7. The van der Waals surface area contributed by atoms with Crippen LogP contribution in [-0.2, 0) is 9.59 Å². The molecule has 0 heterocycles. The molecule has 0 saturated carbocycles. The number of amides is 2. The van der Waals surface area contributed by atoms with Gasteiger partial charge in [-0.2, -0.15) is 0 Å². The number of hydrogen-bond donors (Lipinski definition) is 2. The van der Waals surface area contributed by atoms with Crippen molar-refractivity contribution in [1.29, 1.82) is 0 Å². The third-order valence-electron chi connectivity index (χ3n) is 2.17. The molecule has 0 fully saturated rings. The van der Waals surface area contributed by atoms with E-state index in [1.54, 1.807) is 24.3 Å². The van der Waals surface area contributed by atoms with Crippen LogP contribution in [0.3, 0.4) is 0 Å². The summed E-state index contributed by atoms with van der Waals surface area (Å²) < 4.78 is 0. The van der Waals surface area contributed by atoms with Gasteiger partial charge in [0.25, 0.3) is 0 Å². The smallest absolute Gasteiger partial charge is 0.235 e. The summed E-state index contributed by atoms with van der Waals surface area (Å²) in [6.45, 7) is 4.00. The molecule has 1 rings (SSSR count). The molecule has 2 N–H and O–H groups in total. The Labute approximate surface area is 115 Å². The van der Waals surface area contributed by atoms with Gasteiger partial charge < -0.3 is 10.6 Å². The number of benzene rings is 1. The maximum absolute atomic E-state index is 11.5. The molecule has 0 atom stereocenters. The second-order valence-corrected chi connectivity index (χ2v) is 4.97. The highest BCUT2D eigenvalue weighted by atomic mass is 79.9. The van der Waals surface area contributed by atoms with Gasteiger partial charge in [0, 0.05) is 17.8 Å². The topological polar surface area (TPSA) is 58.2 Å². The first-order valence-corrected chi connectivity index (χ1v) is 6.89. The third-order valence-corrected chi connectivity index (χ3v) is 2.68.